The smallest absolute Gasteiger partial charge is 0.0708 e. The Kier molecular flexibility index (Phi) is 5.85. The number of hydrogen-bond donors (Lipinski definition) is 0. The highest BCUT2D eigenvalue weighted by Crippen LogP contribution is 2.46. The molecule has 2 heteroatoms. The summed E-state index contributed by atoms with van der Waals surface area (Å²) >= 11 is 0. The van der Waals surface area contributed by atoms with Gasteiger partial charge in [0.25, 0.3) is 0 Å². The van der Waals surface area contributed by atoms with E-state index >= 15 is 0 Å². The third-order valence-electron chi connectivity index (χ3n) is 9.06. The molecule has 0 spiro atoms. The van der Waals surface area contributed by atoms with E-state index in [1.165, 1.54) is 65.6 Å². The topological polar surface area (TPSA) is 17.8 Å². The first kappa shape index (κ1) is 25.5. The molecule has 45 heavy (non-hydrogen) atoms. The van der Waals surface area contributed by atoms with Gasteiger partial charge in [-0.1, -0.05) is 127 Å². The molecule has 0 saturated heterocycles. The van der Waals surface area contributed by atoms with Crippen LogP contribution in [0.5, 0.6) is 0 Å². The van der Waals surface area contributed by atoms with Gasteiger partial charge in [-0.15, -0.1) is 0 Å². The Hall–Kier alpha value is -5.99. The first-order valence-corrected chi connectivity index (χ1v) is 15.4. The molecule has 0 amide bonds. The molecule has 0 N–H and O–H groups in total. The third-order valence-corrected chi connectivity index (χ3v) is 9.06. The Labute approximate surface area is 261 Å². The maximum absolute atomic E-state index is 4.73. The van der Waals surface area contributed by atoms with Gasteiger partial charge in [-0.2, -0.15) is 0 Å². The van der Waals surface area contributed by atoms with E-state index in [1.807, 2.05) is 12.3 Å². The van der Waals surface area contributed by atoms with E-state index in [2.05, 4.69) is 162 Å². The van der Waals surface area contributed by atoms with Crippen molar-refractivity contribution >= 4 is 43.4 Å². The summed E-state index contributed by atoms with van der Waals surface area (Å²) in [7, 11) is 0. The summed E-state index contributed by atoms with van der Waals surface area (Å²) in [5.41, 5.74) is 10.6. The Morgan fingerprint density at radius 3 is 1.38 bits per heavy atom. The Morgan fingerprint density at radius 2 is 0.822 bits per heavy atom. The zero-order valence-corrected chi connectivity index (χ0v) is 24.6. The van der Waals surface area contributed by atoms with Gasteiger partial charge in [-0.05, 0) is 80.2 Å². The predicted molar refractivity (Wildman–Crippen MR) is 190 cm³/mol. The molecule has 2 heterocycles. The minimum Gasteiger partial charge on any atom is -0.309 e. The summed E-state index contributed by atoms with van der Waals surface area (Å²) in [5, 5.41) is 7.51. The highest BCUT2D eigenvalue weighted by Gasteiger charge is 2.19. The fraction of sp³-hybridized carbons (Fsp3) is 0. The Bertz CT molecular complexity index is 2410. The van der Waals surface area contributed by atoms with Crippen LogP contribution >= 0.6 is 0 Å². The molecule has 0 bridgehead atoms. The lowest BCUT2D eigenvalue weighted by Gasteiger charge is -2.19. The van der Waals surface area contributed by atoms with Crippen molar-refractivity contribution in [3.63, 3.8) is 0 Å². The molecular formula is C43H28N2. The van der Waals surface area contributed by atoms with Crippen LogP contribution in [0.1, 0.15) is 0 Å². The summed E-state index contributed by atoms with van der Waals surface area (Å²) in [4.78, 5) is 4.73. The van der Waals surface area contributed by atoms with Crippen molar-refractivity contribution in [3.8, 4) is 39.2 Å². The summed E-state index contributed by atoms with van der Waals surface area (Å²) in [6, 6.07) is 58.9. The Balaban J connectivity index is 1.28. The van der Waals surface area contributed by atoms with Gasteiger partial charge in [0.15, 0.2) is 0 Å². The third kappa shape index (κ3) is 4.00. The van der Waals surface area contributed by atoms with Crippen molar-refractivity contribution in [2.45, 2.75) is 0 Å². The van der Waals surface area contributed by atoms with Crippen LogP contribution in [0.15, 0.2) is 170 Å². The van der Waals surface area contributed by atoms with Crippen LogP contribution in [0.25, 0.3) is 82.5 Å². The predicted octanol–water partition coefficient (Wildman–Crippen LogP) is 11.5. The first-order chi connectivity index (χ1) is 22.4. The molecule has 2 nitrogen and oxygen atoms in total. The van der Waals surface area contributed by atoms with Crippen LogP contribution in [-0.4, -0.2) is 9.55 Å². The number of aromatic nitrogens is 2. The second-order valence-electron chi connectivity index (χ2n) is 11.5. The van der Waals surface area contributed by atoms with Gasteiger partial charge in [-0.25, -0.2) is 0 Å². The van der Waals surface area contributed by atoms with Crippen molar-refractivity contribution < 1.29 is 0 Å². The van der Waals surface area contributed by atoms with Crippen LogP contribution in [0, 0.1) is 0 Å². The number of fused-ring (bicyclic) bond motifs is 5. The molecule has 0 atom stereocenters. The normalized spacial score (nSPS) is 11.6. The largest absolute Gasteiger partial charge is 0.309 e. The first-order valence-electron chi connectivity index (χ1n) is 15.4. The van der Waals surface area contributed by atoms with Crippen LogP contribution in [-0.2, 0) is 0 Å². The van der Waals surface area contributed by atoms with Crippen molar-refractivity contribution in [1.29, 1.82) is 0 Å². The molecule has 0 aliphatic rings. The van der Waals surface area contributed by atoms with Gasteiger partial charge in [0.1, 0.15) is 0 Å². The number of nitrogens with zero attached hydrogens (tertiary/aromatic N) is 2. The average molecular weight is 573 g/mol. The summed E-state index contributed by atoms with van der Waals surface area (Å²) < 4.78 is 2.38. The maximum Gasteiger partial charge on any atom is 0.0708 e. The van der Waals surface area contributed by atoms with Crippen LogP contribution in [0.2, 0.25) is 0 Å². The number of hydrogen-bond acceptors (Lipinski definition) is 1. The molecular weight excluding hydrogens is 544 g/mol. The zero-order valence-electron chi connectivity index (χ0n) is 24.6. The standard InChI is InChI=1S/C43H28N2/c1-2-16-34(31(13-1)39-21-11-12-28-44-39)43-37-19-5-3-17-35(37)42(36-18-4-6-20-38(36)43)29-24-26-30(27-25-29)45-40-22-9-7-14-32(40)33-15-8-10-23-41(33)45/h1-28H. The van der Waals surface area contributed by atoms with Crippen LogP contribution in [0.3, 0.4) is 0 Å². The lowest BCUT2D eigenvalue weighted by atomic mass is 9.84. The SMILES string of the molecule is c1ccc(-c2ccccc2-c2c3ccccc3c(-c3ccc(-n4c5ccccc5c5ccccc54)cc3)c3ccccc23)nc1. The number of rotatable bonds is 4. The molecule has 210 valence electrons. The minimum atomic E-state index is 0.978. The van der Waals surface area contributed by atoms with Crippen molar-refractivity contribution in [2.24, 2.45) is 0 Å². The number of para-hydroxylation sites is 2. The average Bonchev–Trinajstić information content (AvgIpc) is 3.45. The molecule has 9 aromatic rings. The lowest BCUT2D eigenvalue weighted by Crippen LogP contribution is -1.95. The second kappa shape index (κ2) is 10.3. The number of pyridine rings is 1. The molecule has 0 radical (unpaired) electrons. The van der Waals surface area contributed by atoms with Gasteiger partial charge in [0.05, 0.1) is 16.7 Å². The fourth-order valence-corrected chi connectivity index (χ4v) is 7.15. The van der Waals surface area contributed by atoms with Crippen LogP contribution < -0.4 is 0 Å². The fourth-order valence-electron chi connectivity index (χ4n) is 7.15. The van der Waals surface area contributed by atoms with Crippen molar-refractivity contribution in [3.05, 3.63) is 170 Å². The Morgan fingerprint density at radius 1 is 0.356 bits per heavy atom. The molecule has 0 aliphatic carbocycles. The number of benzene rings is 7. The van der Waals surface area contributed by atoms with Gasteiger partial charge in [0, 0.05) is 28.2 Å². The zero-order chi connectivity index (χ0) is 29.7. The van der Waals surface area contributed by atoms with E-state index in [0.717, 1.165) is 16.9 Å². The maximum atomic E-state index is 4.73. The summed E-state index contributed by atoms with van der Waals surface area (Å²) in [5.74, 6) is 0. The van der Waals surface area contributed by atoms with Crippen molar-refractivity contribution in [1.82, 2.24) is 9.55 Å². The molecule has 0 saturated carbocycles. The van der Waals surface area contributed by atoms with E-state index < -0.39 is 0 Å². The molecule has 2 aromatic heterocycles. The van der Waals surface area contributed by atoms with Crippen LogP contribution in [0.4, 0.5) is 0 Å². The molecule has 0 aliphatic heterocycles. The van der Waals surface area contributed by atoms with Gasteiger partial charge in [0.2, 0.25) is 0 Å². The highest BCUT2D eigenvalue weighted by molar-refractivity contribution is 6.22. The minimum absolute atomic E-state index is 0.978. The van der Waals surface area contributed by atoms with Gasteiger partial charge in [-0.3, -0.25) is 4.98 Å². The molecule has 0 fully saturated rings. The van der Waals surface area contributed by atoms with Gasteiger partial charge >= 0.3 is 0 Å². The van der Waals surface area contributed by atoms with Gasteiger partial charge < -0.3 is 4.57 Å². The second-order valence-corrected chi connectivity index (χ2v) is 11.5. The van der Waals surface area contributed by atoms with Crippen molar-refractivity contribution in [2.75, 3.05) is 0 Å². The summed E-state index contributed by atoms with van der Waals surface area (Å²) in [6.07, 6.45) is 1.87. The molecule has 7 aromatic carbocycles. The van der Waals surface area contributed by atoms with E-state index in [-0.39, 0.29) is 0 Å². The van der Waals surface area contributed by atoms with E-state index in [1.54, 1.807) is 0 Å². The summed E-state index contributed by atoms with van der Waals surface area (Å²) in [6.45, 7) is 0. The van der Waals surface area contributed by atoms with E-state index in [0.29, 0.717) is 0 Å². The monoisotopic (exact) mass is 572 g/mol. The molecule has 0 unspecified atom stereocenters. The molecule has 9 rings (SSSR count). The lowest BCUT2D eigenvalue weighted by molar-refractivity contribution is 1.18. The van der Waals surface area contributed by atoms with E-state index in [4.69, 9.17) is 4.98 Å². The quantitative estimate of drug-likeness (QED) is 0.192. The van der Waals surface area contributed by atoms with E-state index in [9.17, 15) is 0 Å². The highest BCUT2D eigenvalue weighted by atomic mass is 15.0.